The predicted octanol–water partition coefficient (Wildman–Crippen LogP) is 11.5. The molecule has 40 heavy (non-hydrogen) atoms. The van der Waals surface area contributed by atoms with E-state index in [1.165, 1.54) is 76.4 Å². The maximum Gasteiger partial charge on any atom is 0.0574 e. The SMILES string of the molecule is CCC1(CC)c2ccccc2-c2cc3ccc4c5c(ccc(c21)c35)cc1c2cc(C(C)C)ccc2n(C(C)C)c14. The van der Waals surface area contributed by atoms with Gasteiger partial charge in [0.15, 0.2) is 0 Å². The lowest BCUT2D eigenvalue weighted by atomic mass is 9.72. The third-order valence-corrected chi connectivity index (χ3v) is 10.3. The summed E-state index contributed by atoms with van der Waals surface area (Å²) in [4.78, 5) is 0. The number of benzene rings is 6. The Hall–Kier alpha value is -3.84. The van der Waals surface area contributed by atoms with Crippen molar-refractivity contribution >= 4 is 54.1 Å². The molecule has 1 nitrogen and oxygen atoms in total. The topological polar surface area (TPSA) is 4.93 Å². The summed E-state index contributed by atoms with van der Waals surface area (Å²) in [5.74, 6) is 0.510. The van der Waals surface area contributed by atoms with Crippen LogP contribution in [0, 0.1) is 0 Å². The van der Waals surface area contributed by atoms with Gasteiger partial charge in [0.2, 0.25) is 0 Å². The lowest BCUT2D eigenvalue weighted by Crippen LogP contribution is -2.23. The third-order valence-electron chi connectivity index (χ3n) is 10.3. The molecule has 1 aliphatic rings. The zero-order valence-corrected chi connectivity index (χ0v) is 24.5. The van der Waals surface area contributed by atoms with E-state index in [1.807, 2.05) is 0 Å². The van der Waals surface area contributed by atoms with Crippen molar-refractivity contribution in [2.45, 2.75) is 71.8 Å². The van der Waals surface area contributed by atoms with Crippen molar-refractivity contribution in [1.82, 2.24) is 4.57 Å². The summed E-state index contributed by atoms with van der Waals surface area (Å²) >= 11 is 0. The molecule has 7 aromatic rings. The van der Waals surface area contributed by atoms with Gasteiger partial charge in [-0.2, -0.15) is 0 Å². The third kappa shape index (κ3) is 2.78. The molecule has 0 aliphatic heterocycles. The average molecular weight is 520 g/mol. The van der Waals surface area contributed by atoms with Gasteiger partial charge in [-0.15, -0.1) is 0 Å². The summed E-state index contributed by atoms with van der Waals surface area (Å²) in [6, 6.07) is 31.3. The second-order valence-corrected chi connectivity index (χ2v) is 12.7. The van der Waals surface area contributed by atoms with Crippen LogP contribution >= 0.6 is 0 Å². The Bertz CT molecular complexity index is 2130. The molecule has 0 saturated heterocycles. The van der Waals surface area contributed by atoms with E-state index in [0.717, 1.165) is 12.8 Å². The largest absolute Gasteiger partial charge is 0.337 e. The predicted molar refractivity (Wildman–Crippen MR) is 174 cm³/mol. The van der Waals surface area contributed by atoms with Gasteiger partial charge in [-0.05, 0) is 112 Å². The van der Waals surface area contributed by atoms with Crippen molar-refractivity contribution in [1.29, 1.82) is 0 Å². The van der Waals surface area contributed by atoms with E-state index in [1.54, 1.807) is 5.56 Å². The molecule has 6 aromatic carbocycles. The van der Waals surface area contributed by atoms with Crippen molar-refractivity contribution in [3.8, 4) is 11.1 Å². The molecule has 198 valence electrons. The van der Waals surface area contributed by atoms with Crippen LogP contribution in [0.4, 0.5) is 0 Å². The minimum absolute atomic E-state index is 0.0592. The van der Waals surface area contributed by atoms with E-state index >= 15 is 0 Å². The zero-order chi connectivity index (χ0) is 27.5. The van der Waals surface area contributed by atoms with Crippen LogP contribution < -0.4 is 0 Å². The van der Waals surface area contributed by atoms with E-state index in [4.69, 9.17) is 0 Å². The van der Waals surface area contributed by atoms with Gasteiger partial charge in [0, 0.05) is 33.1 Å². The Morgan fingerprint density at radius 3 is 2.08 bits per heavy atom. The first-order valence-electron chi connectivity index (χ1n) is 15.2. The van der Waals surface area contributed by atoms with Crippen LogP contribution in [-0.2, 0) is 5.41 Å². The first-order valence-corrected chi connectivity index (χ1v) is 15.2. The van der Waals surface area contributed by atoms with Crippen LogP contribution in [0.2, 0.25) is 0 Å². The van der Waals surface area contributed by atoms with E-state index in [-0.39, 0.29) is 5.41 Å². The fourth-order valence-corrected chi connectivity index (χ4v) is 8.38. The molecular weight excluding hydrogens is 482 g/mol. The Labute approximate surface area is 236 Å². The van der Waals surface area contributed by atoms with E-state index in [0.29, 0.717) is 12.0 Å². The van der Waals surface area contributed by atoms with Crippen LogP contribution in [0.1, 0.15) is 83.0 Å². The number of fused-ring (bicyclic) bond motifs is 8. The molecular formula is C39H37N. The fourth-order valence-electron chi connectivity index (χ4n) is 8.38. The second kappa shape index (κ2) is 8.10. The van der Waals surface area contributed by atoms with Crippen LogP contribution in [-0.4, -0.2) is 4.57 Å². The normalized spacial score (nSPS) is 14.6. The smallest absolute Gasteiger partial charge is 0.0574 e. The molecule has 0 atom stereocenters. The molecule has 0 saturated carbocycles. The zero-order valence-electron chi connectivity index (χ0n) is 24.5. The van der Waals surface area contributed by atoms with Crippen molar-refractivity contribution in [3.05, 3.63) is 95.6 Å². The minimum Gasteiger partial charge on any atom is -0.337 e. The molecule has 8 rings (SSSR count). The first-order chi connectivity index (χ1) is 19.4. The van der Waals surface area contributed by atoms with Crippen LogP contribution in [0.25, 0.3) is 65.3 Å². The molecule has 0 N–H and O–H groups in total. The number of nitrogens with zero attached hydrogens (tertiary/aromatic N) is 1. The Morgan fingerprint density at radius 1 is 0.650 bits per heavy atom. The van der Waals surface area contributed by atoms with Crippen molar-refractivity contribution in [3.63, 3.8) is 0 Å². The fraction of sp³-hybridized carbons (Fsp3) is 0.282. The van der Waals surface area contributed by atoms with Gasteiger partial charge in [-0.25, -0.2) is 0 Å². The summed E-state index contributed by atoms with van der Waals surface area (Å²) in [6.07, 6.45) is 2.23. The summed E-state index contributed by atoms with van der Waals surface area (Å²) in [6.45, 7) is 14.0. The van der Waals surface area contributed by atoms with Gasteiger partial charge in [0.1, 0.15) is 0 Å². The molecule has 0 unspecified atom stereocenters. The monoisotopic (exact) mass is 519 g/mol. The molecule has 1 aromatic heterocycles. The van der Waals surface area contributed by atoms with E-state index in [2.05, 4.69) is 125 Å². The minimum atomic E-state index is 0.0592. The highest BCUT2D eigenvalue weighted by atomic mass is 15.0. The molecule has 0 bridgehead atoms. The number of hydrogen-bond acceptors (Lipinski definition) is 0. The summed E-state index contributed by atoms with van der Waals surface area (Å²) < 4.78 is 2.59. The summed E-state index contributed by atoms with van der Waals surface area (Å²) in [5.41, 5.74) is 10.1. The number of rotatable bonds is 4. The van der Waals surface area contributed by atoms with Crippen molar-refractivity contribution in [2.24, 2.45) is 0 Å². The van der Waals surface area contributed by atoms with E-state index < -0.39 is 0 Å². The van der Waals surface area contributed by atoms with Crippen LogP contribution in [0.5, 0.6) is 0 Å². The first kappa shape index (κ1) is 24.0. The summed E-state index contributed by atoms with van der Waals surface area (Å²) in [7, 11) is 0. The van der Waals surface area contributed by atoms with Crippen LogP contribution in [0.15, 0.2) is 78.9 Å². The highest BCUT2D eigenvalue weighted by molar-refractivity contribution is 6.32. The van der Waals surface area contributed by atoms with E-state index in [9.17, 15) is 0 Å². The molecule has 1 heteroatoms. The number of hydrogen-bond donors (Lipinski definition) is 0. The Balaban J connectivity index is 1.57. The number of aromatic nitrogens is 1. The van der Waals surface area contributed by atoms with Crippen molar-refractivity contribution in [2.75, 3.05) is 0 Å². The van der Waals surface area contributed by atoms with Crippen LogP contribution in [0.3, 0.4) is 0 Å². The molecule has 1 heterocycles. The van der Waals surface area contributed by atoms with Gasteiger partial charge in [0.25, 0.3) is 0 Å². The van der Waals surface area contributed by atoms with Gasteiger partial charge >= 0.3 is 0 Å². The van der Waals surface area contributed by atoms with Gasteiger partial charge in [0.05, 0.1) is 5.52 Å². The van der Waals surface area contributed by atoms with Gasteiger partial charge < -0.3 is 4.57 Å². The van der Waals surface area contributed by atoms with Crippen molar-refractivity contribution < 1.29 is 0 Å². The molecule has 1 aliphatic carbocycles. The molecule has 0 fully saturated rings. The lowest BCUT2D eigenvalue weighted by molar-refractivity contribution is 0.494. The Morgan fingerprint density at radius 2 is 1.35 bits per heavy atom. The Kier molecular flexibility index (Phi) is 4.86. The molecule has 0 amide bonds. The van der Waals surface area contributed by atoms with Gasteiger partial charge in [-0.3, -0.25) is 0 Å². The quantitative estimate of drug-likeness (QED) is 0.204. The highest BCUT2D eigenvalue weighted by Crippen LogP contribution is 2.57. The van der Waals surface area contributed by atoms with Gasteiger partial charge in [-0.1, -0.05) is 82.3 Å². The molecule has 0 spiro atoms. The maximum absolute atomic E-state index is 2.59. The highest BCUT2D eigenvalue weighted by Gasteiger charge is 2.42. The average Bonchev–Trinajstić information content (AvgIpc) is 3.45. The maximum atomic E-state index is 2.59. The lowest BCUT2D eigenvalue weighted by Gasteiger charge is -2.31. The summed E-state index contributed by atoms with van der Waals surface area (Å²) in [5, 5.41) is 11.2. The second-order valence-electron chi connectivity index (χ2n) is 12.7. The standard InChI is InChI=1S/C39H37N/c1-7-39(8-2)33-12-10-9-11-27(33)31-20-25-14-17-29-36-26(13-16-28(35(25)36)37(31)39)21-32-30-19-24(22(3)4)15-18-34(30)40(23(5)6)38(29)32/h9-23H,7-8H2,1-6H3. The molecule has 0 radical (unpaired) electrons.